The van der Waals surface area contributed by atoms with Gasteiger partial charge in [-0.1, -0.05) is 67.4 Å². The van der Waals surface area contributed by atoms with Gasteiger partial charge < -0.3 is 26.6 Å². The molecular formula is C30H37N5O4. The van der Waals surface area contributed by atoms with Gasteiger partial charge in [-0.2, -0.15) is 0 Å². The second-order valence-electron chi connectivity index (χ2n) is 11.1. The first-order chi connectivity index (χ1) is 18.8. The molecule has 1 saturated heterocycles. The van der Waals surface area contributed by atoms with Gasteiger partial charge in [0.1, 0.15) is 12.1 Å². The first kappa shape index (κ1) is 26.9. The van der Waals surface area contributed by atoms with Crippen LogP contribution in [0.2, 0.25) is 0 Å². The normalized spacial score (nSPS) is 25.1. The van der Waals surface area contributed by atoms with Crippen molar-refractivity contribution in [2.24, 2.45) is 17.6 Å². The Labute approximate surface area is 228 Å². The minimum atomic E-state index is -0.757. The number of rotatable bonds is 9. The molecule has 39 heavy (non-hydrogen) atoms. The number of hydrogen-bond donors (Lipinski definition) is 4. The lowest BCUT2D eigenvalue weighted by Crippen LogP contribution is -2.67. The van der Waals surface area contributed by atoms with Gasteiger partial charge in [0.15, 0.2) is 0 Å². The molecule has 2 aromatic carbocycles. The topological polar surface area (TPSA) is 134 Å². The van der Waals surface area contributed by atoms with Crippen LogP contribution < -0.4 is 21.7 Å². The molecule has 5 rings (SSSR count). The number of likely N-dealkylation sites (tertiary alicyclic amines) is 1. The number of benzene rings is 2. The van der Waals surface area contributed by atoms with Gasteiger partial charge in [0, 0.05) is 19.5 Å². The average molecular weight is 532 g/mol. The Morgan fingerprint density at radius 2 is 1.69 bits per heavy atom. The maximum absolute atomic E-state index is 14.0. The molecular weight excluding hydrogens is 494 g/mol. The van der Waals surface area contributed by atoms with Crippen molar-refractivity contribution < 1.29 is 19.2 Å². The molecule has 206 valence electrons. The van der Waals surface area contributed by atoms with Crippen LogP contribution in [0.5, 0.6) is 0 Å². The lowest BCUT2D eigenvalue weighted by atomic mass is 9.80. The van der Waals surface area contributed by atoms with E-state index in [2.05, 4.69) is 16.0 Å². The highest BCUT2D eigenvalue weighted by Crippen LogP contribution is 2.40. The Hall–Kier alpha value is -3.72. The zero-order valence-electron chi connectivity index (χ0n) is 22.4. The van der Waals surface area contributed by atoms with Gasteiger partial charge in [0.25, 0.3) is 0 Å². The van der Waals surface area contributed by atoms with Crippen molar-refractivity contribution in [1.29, 1.82) is 0 Å². The van der Waals surface area contributed by atoms with Crippen LogP contribution in [0.1, 0.15) is 54.8 Å². The molecule has 5 N–H and O–H groups in total. The number of carbonyl (C=O) groups excluding carboxylic acids is 4. The minimum Gasteiger partial charge on any atom is -0.359 e. The van der Waals surface area contributed by atoms with Crippen molar-refractivity contribution in [3.05, 3.63) is 71.3 Å². The van der Waals surface area contributed by atoms with Crippen LogP contribution >= 0.6 is 0 Å². The molecule has 1 saturated carbocycles. The molecule has 0 radical (unpaired) electrons. The van der Waals surface area contributed by atoms with E-state index in [1.807, 2.05) is 54.6 Å². The fraction of sp³-hybridized carbons (Fsp3) is 0.467. The van der Waals surface area contributed by atoms with Gasteiger partial charge in [-0.15, -0.1) is 0 Å². The third-order valence-electron chi connectivity index (χ3n) is 8.30. The van der Waals surface area contributed by atoms with Crippen LogP contribution in [0.25, 0.3) is 0 Å². The Morgan fingerprint density at radius 3 is 2.36 bits per heavy atom. The predicted molar refractivity (Wildman–Crippen MR) is 146 cm³/mol. The molecule has 2 aliphatic carbocycles. The molecule has 6 atom stereocenters. The summed E-state index contributed by atoms with van der Waals surface area (Å²) in [5.74, 6) is -1.35. The molecule has 0 aromatic heterocycles. The lowest BCUT2D eigenvalue weighted by Gasteiger charge is -2.48. The van der Waals surface area contributed by atoms with Gasteiger partial charge in [0.05, 0.1) is 18.0 Å². The first-order valence-electron chi connectivity index (χ1n) is 13.8. The van der Waals surface area contributed by atoms with Crippen LogP contribution in [0.4, 0.5) is 0 Å². The van der Waals surface area contributed by atoms with E-state index >= 15 is 0 Å². The van der Waals surface area contributed by atoms with Crippen molar-refractivity contribution in [2.45, 2.75) is 62.7 Å². The summed E-state index contributed by atoms with van der Waals surface area (Å²) in [5, 5.41) is 8.69. The van der Waals surface area contributed by atoms with Crippen molar-refractivity contribution in [3.63, 3.8) is 0 Å². The third-order valence-corrected chi connectivity index (χ3v) is 8.30. The van der Waals surface area contributed by atoms with E-state index in [9.17, 15) is 19.2 Å². The predicted octanol–water partition coefficient (Wildman–Crippen LogP) is 1.39. The highest BCUT2D eigenvalue weighted by molar-refractivity contribution is 5.95. The molecule has 3 aliphatic rings. The molecule has 1 heterocycles. The Bertz CT molecular complexity index is 1240. The van der Waals surface area contributed by atoms with Crippen LogP contribution in [0, 0.1) is 11.8 Å². The number of amides is 4. The number of nitrogens with two attached hydrogens (primary N) is 1. The summed E-state index contributed by atoms with van der Waals surface area (Å²) in [5.41, 5.74) is 8.69. The summed E-state index contributed by atoms with van der Waals surface area (Å²) in [7, 11) is 1.60. The van der Waals surface area contributed by atoms with Crippen LogP contribution in [-0.2, 0) is 25.6 Å². The zero-order valence-corrected chi connectivity index (χ0v) is 22.4. The SMILES string of the molecule is CNC(=O)C1Cc2ccccc2C1NC(=O)C1C(c2ccccc2)CN1C(=O)C(CC1CC1)NC(=O)C(C)N. The summed E-state index contributed by atoms with van der Waals surface area (Å²) >= 11 is 0. The van der Waals surface area contributed by atoms with Crippen LogP contribution in [0.3, 0.4) is 0 Å². The fourth-order valence-corrected chi connectivity index (χ4v) is 5.90. The second kappa shape index (κ2) is 11.2. The van der Waals surface area contributed by atoms with E-state index in [1.165, 1.54) is 0 Å². The summed E-state index contributed by atoms with van der Waals surface area (Å²) in [6.45, 7) is 1.96. The summed E-state index contributed by atoms with van der Waals surface area (Å²) in [4.78, 5) is 54.6. The van der Waals surface area contributed by atoms with Crippen molar-refractivity contribution in [2.75, 3.05) is 13.6 Å². The lowest BCUT2D eigenvalue weighted by molar-refractivity contribution is -0.152. The van der Waals surface area contributed by atoms with Gasteiger partial charge in [0.2, 0.25) is 23.6 Å². The summed E-state index contributed by atoms with van der Waals surface area (Å²) < 4.78 is 0. The second-order valence-corrected chi connectivity index (χ2v) is 11.1. The number of nitrogens with one attached hydrogen (secondary N) is 3. The quantitative estimate of drug-likeness (QED) is 0.388. The molecule has 9 nitrogen and oxygen atoms in total. The maximum atomic E-state index is 14.0. The molecule has 2 fully saturated rings. The highest BCUT2D eigenvalue weighted by atomic mass is 16.2. The maximum Gasteiger partial charge on any atom is 0.245 e. The molecule has 0 bridgehead atoms. The minimum absolute atomic E-state index is 0.138. The monoisotopic (exact) mass is 531 g/mol. The Kier molecular flexibility index (Phi) is 7.70. The zero-order chi connectivity index (χ0) is 27.7. The smallest absolute Gasteiger partial charge is 0.245 e. The summed E-state index contributed by atoms with van der Waals surface area (Å²) in [6.07, 6.45) is 3.11. The first-order valence-corrected chi connectivity index (χ1v) is 13.8. The van der Waals surface area contributed by atoms with Crippen molar-refractivity contribution in [3.8, 4) is 0 Å². The summed E-state index contributed by atoms with van der Waals surface area (Å²) in [6, 6.07) is 14.7. The molecule has 0 spiro atoms. The van der Waals surface area contributed by atoms with Gasteiger partial charge in [-0.25, -0.2) is 0 Å². The van der Waals surface area contributed by atoms with E-state index < -0.39 is 30.1 Å². The van der Waals surface area contributed by atoms with Gasteiger partial charge in [-0.3, -0.25) is 19.2 Å². The van der Waals surface area contributed by atoms with Crippen molar-refractivity contribution >= 4 is 23.6 Å². The standard InChI is InChI=1S/C30H37N5O4/c1-17(31)27(36)33-24(14-18-12-13-18)30(39)35-16-23(19-8-4-3-5-9-19)26(35)29(38)34-25-21-11-7-6-10-20(21)15-22(25)28(37)32-2/h3-11,17-18,22-26H,12-16,31H2,1-2H3,(H,32,37)(H,33,36)(H,34,38). The molecule has 1 aliphatic heterocycles. The van der Waals surface area contributed by atoms with E-state index in [0.717, 1.165) is 29.5 Å². The number of carbonyl (C=O) groups is 4. The number of fused-ring (bicyclic) bond motifs is 1. The molecule has 4 amide bonds. The molecule has 6 unspecified atom stereocenters. The largest absolute Gasteiger partial charge is 0.359 e. The Morgan fingerprint density at radius 1 is 1.00 bits per heavy atom. The van der Waals surface area contributed by atoms with Gasteiger partial charge in [-0.05, 0) is 42.4 Å². The highest BCUT2D eigenvalue weighted by Gasteiger charge is 2.50. The Balaban J connectivity index is 1.41. The van der Waals surface area contributed by atoms with Crippen LogP contribution in [-0.4, -0.2) is 60.2 Å². The third kappa shape index (κ3) is 5.54. The van der Waals surface area contributed by atoms with E-state index in [0.29, 0.717) is 25.3 Å². The van der Waals surface area contributed by atoms with E-state index in [1.54, 1.807) is 18.9 Å². The van der Waals surface area contributed by atoms with E-state index in [-0.39, 0.29) is 29.5 Å². The fourth-order valence-electron chi connectivity index (χ4n) is 5.90. The number of hydrogen-bond acceptors (Lipinski definition) is 5. The van der Waals surface area contributed by atoms with Crippen LogP contribution in [0.15, 0.2) is 54.6 Å². The van der Waals surface area contributed by atoms with Crippen molar-refractivity contribution in [1.82, 2.24) is 20.9 Å². The average Bonchev–Trinajstić information content (AvgIpc) is 3.67. The number of nitrogens with zero attached hydrogens (tertiary/aromatic N) is 1. The molecule has 2 aromatic rings. The van der Waals surface area contributed by atoms with E-state index in [4.69, 9.17) is 5.73 Å². The van der Waals surface area contributed by atoms with Gasteiger partial charge >= 0.3 is 0 Å². The molecule has 9 heteroatoms.